The Kier molecular flexibility index (Phi) is 3.05. The summed E-state index contributed by atoms with van der Waals surface area (Å²) < 4.78 is 0. The van der Waals surface area contributed by atoms with Crippen LogP contribution in [0, 0.1) is 11.3 Å². The number of nitriles is 1. The van der Waals surface area contributed by atoms with Crippen molar-refractivity contribution < 1.29 is 0 Å². The maximum atomic E-state index is 8.87. The molecule has 1 aliphatic rings. The minimum atomic E-state index is 0.653. The van der Waals surface area contributed by atoms with E-state index in [9.17, 15) is 0 Å². The lowest BCUT2D eigenvalue weighted by molar-refractivity contribution is 0.679. The molecule has 1 heterocycles. The molecule has 0 radical (unpaired) electrons. The molecule has 0 spiro atoms. The van der Waals surface area contributed by atoms with Gasteiger partial charge in [-0.3, -0.25) is 0 Å². The molecule has 90 valence electrons. The highest BCUT2D eigenvalue weighted by Crippen LogP contribution is 2.25. The first-order chi connectivity index (χ1) is 8.85. The van der Waals surface area contributed by atoms with Crippen molar-refractivity contribution in [2.75, 3.05) is 0 Å². The van der Waals surface area contributed by atoms with Crippen molar-refractivity contribution in [3.8, 4) is 16.6 Å². The second kappa shape index (κ2) is 4.84. The molecule has 5 heteroatoms. The van der Waals surface area contributed by atoms with Gasteiger partial charge in [0.05, 0.1) is 11.6 Å². The molecule has 2 aromatic rings. The van der Waals surface area contributed by atoms with Crippen LogP contribution in [0.2, 0.25) is 0 Å². The van der Waals surface area contributed by atoms with Gasteiger partial charge in [-0.25, -0.2) is 0 Å². The summed E-state index contributed by atoms with van der Waals surface area (Å²) in [5.74, 6) is 0. The summed E-state index contributed by atoms with van der Waals surface area (Å²) in [6.07, 6.45) is 2.55. The molecule has 0 saturated heterocycles. The number of hydrogen-bond acceptors (Lipinski definition) is 5. The Bertz CT molecular complexity index is 595. The van der Waals surface area contributed by atoms with Crippen molar-refractivity contribution >= 4 is 11.3 Å². The van der Waals surface area contributed by atoms with Crippen LogP contribution in [-0.4, -0.2) is 16.2 Å². The van der Waals surface area contributed by atoms with Gasteiger partial charge in [0.25, 0.3) is 0 Å². The maximum Gasteiger partial charge on any atom is 0.147 e. The molecule has 1 fully saturated rings. The molecule has 18 heavy (non-hydrogen) atoms. The van der Waals surface area contributed by atoms with Crippen molar-refractivity contribution in [3.05, 3.63) is 34.8 Å². The van der Waals surface area contributed by atoms with Crippen LogP contribution in [-0.2, 0) is 6.54 Å². The lowest BCUT2D eigenvalue weighted by Crippen LogP contribution is -2.14. The van der Waals surface area contributed by atoms with E-state index in [4.69, 9.17) is 5.26 Å². The average molecular weight is 256 g/mol. The Morgan fingerprint density at radius 1 is 1.39 bits per heavy atom. The number of nitrogens with zero attached hydrogens (tertiary/aromatic N) is 3. The van der Waals surface area contributed by atoms with Crippen LogP contribution in [0.15, 0.2) is 24.3 Å². The molecular formula is C13H12N4S. The molecule has 0 aliphatic heterocycles. The van der Waals surface area contributed by atoms with E-state index in [0.29, 0.717) is 11.6 Å². The first kappa shape index (κ1) is 11.3. The van der Waals surface area contributed by atoms with Gasteiger partial charge in [-0.15, -0.1) is 10.2 Å². The summed E-state index contributed by atoms with van der Waals surface area (Å²) in [4.78, 5) is 0. The number of aromatic nitrogens is 2. The van der Waals surface area contributed by atoms with Gasteiger partial charge in [0, 0.05) is 18.2 Å². The van der Waals surface area contributed by atoms with Gasteiger partial charge in [-0.1, -0.05) is 23.5 Å². The van der Waals surface area contributed by atoms with E-state index in [1.807, 2.05) is 18.2 Å². The molecular weight excluding hydrogens is 244 g/mol. The topological polar surface area (TPSA) is 61.6 Å². The molecule has 3 rings (SSSR count). The molecule has 1 aliphatic carbocycles. The first-order valence-corrected chi connectivity index (χ1v) is 6.73. The Labute approximate surface area is 109 Å². The van der Waals surface area contributed by atoms with Gasteiger partial charge < -0.3 is 5.32 Å². The third-order valence-corrected chi connectivity index (χ3v) is 3.80. The van der Waals surface area contributed by atoms with Gasteiger partial charge in [-0.2, -0.15) is 5.26 Å². The quantitative estimate of drug-likeness (QED) is 0.912. The summed E-state index contributed by atoms with van der Waals surface area (Å²) in [5, 5.41) is 22.5. The van der Waals surface area contributed by atoms with Crippen LogP contribution in [0.4, 0.5) is 0 Å². The van der Waals surface area contributed by atoms with Crippen molar-refractivity contribution in [1.82, 2.24) is 15.5 Å². The highest BCUT2D eigenvalue weighted by Gasteiger charge is 2.20. The molecule has 1 N–H and O–H groups in total. The van der Waals surface area contributed by atoms with Crippen LogP contribution >= 0.6 is 11.3 Å². The number of rotatable bonds is 4. The SMILES string of the molecule is N#Cc1cccc(-c2nnc(CNC3CC3)s2)c1. The zero-order valence-electron chi connectivity index (χ0n) is 9.76. The smallest absolute Gasteiger partial charge is 0.147 e. The first-order valence-electron chi connectivity index (χ1n) is 5.91. The second-order valence-corrected chi connectivity index (χ2v) is 5.41. The average Bonchev–Trinajstić information content (AvgIpc) is 3.13. The van der Waals surface area contributed by atoms with Gasteiger partial charge in [0.1, 0.15) is 10.0 Å². The molecule has 4 nitrogen and oxygen atoms in total. The minimum absolute atomic E-state index is 0.653. The summed E-state index contributed by atoms with van der Waals surface area (Å²) in [5.41, 5.74) is 1.62. The third kappa shape index (κ3) is 2.55. The highest BCUT2D eigenvalue weighted by atomic mass is 32.1. The highest BCUT2D eigenvalue weighted by molar-refractivity contribution is 7.14. The Morgan fingerprint density at radius 3 is 3.06 bits per heavy atom. The zero-order valence-corrected chi connectivity index (χ0v) is 10.6. The van der Waals surface area contributed by atoms with E-state index in [1.54, 1.807) is 17.4 Å². The lowest BCUT2D eigenvalue weighted by Gasteiger charge is -1.96. The van der Waals surface area contributed by atoms with E-state index < -0.39 is 0 Å². The van der Waals surface area contributed by atoms with Crippen LogP contribution in [0.3, 0.4) is 0 Å². The molecule has 1 saturated carbocycles. The Hall–Kier alpha value is -1.77. The summed E-state index contributed by atoms with van der Waals surface area (Å²) in [7, 11) is 0. The van der Waals surface area contributed by atoms with E-state index in [-0.39, 0.29) is 0 Å². The maximum absolute atomic E-state index is 8.87. The van der Waals surface area contributed by atoms with Crippen LogP contribution in [0.5, 0.6) is 0 Å². The Balaban J connectivity index is 1.76. The summed E-state index contributed by atoms with van der Waals surface area (Å²) in [6, 6.07) is 10.3. The van der Waals surface area contributed by atoms with Gasteiger partial charge in [0.15, 0.2) is 0 Å². The number of benzene rings is 1. The predicted octanol–water partition coefficient (Wildman–Crippen LogP) is 2.33. The van der Waals surface area contributed by atoms with Gasteiger partial charge >= 0.3 is 0 Å². The van der Waals surface area contributed by atoms with E-state index in [1.165, 1.54) is 12.8 Å². The van der Waals surface area contributed by atoms with Gasteiger partial charge in [0.2, 0.25) is 0 Å². The fraction of sp³-hybridized carbons (Fsp3) is 0.308. The summed E-state index contributed by atoms with van der Waals surface area (Å²) in [6.45, 7) is 0.792. The van der Waals surface area contributed by atoms with Crippen molar-refractivity contribution in [2.24, 2.45) is 0 Å². The molecule has 0 bridgehead atoms. The van der Waals surface area contributed by atoms with Crippen molar-refractivity contribution in [2.45, 2.75) is 25.4 Å². The fourth-order valence-electron chi connectivity index (χ4n) is 1.68. The van der Waals surface area contributed by atoms with E-state index in [0.717, 1.165) is 22.1 Å². The molecule has 0 atom stereocenters. The number of nitrogens with one attached hydrogen (secondary N) is 1. The van der Waals surface area contributed by atoms with Crippen LogP contribution < -0.4 is 5.32 Å². The monoisotopic (exact) mass is 256 g/mol. The molecule has 0 amide bonds. The molecule has 1 aromatic carbocycles. The normalized spacial score (nSPS) is 14.4. The Morgan fingerprint density at radius 2 is 2.28 bits per heavy atom. The summed E-state index contributed by atoms with van der Waals surface area (Å²) >= 11 is 1.58. The lowest BCUT2D eigenvalue weighted by atomic mass is 10.1. The van der Waals surface area contributed by atoms with E-state index in [2.05, 4.69) is 21.6 Å². The predicted molar refractivity (Wildman–Crippen MR) is 69.9 cm³/mol. The van der Waals surface area contributed by atoms with Crippen molar-refractivity contribution in [3.63, 3.8) is 0 Å². The van der Waals surface area contributed by atoms with E-state index >= 15 is 0 Å². The van der Waals surface area contributed by atoms with Gasteiger partial charge in [-0.05, 0) is 25.0 Å². The van der Waals surface area contributed by atoms with Crippen LogP contribution in [0.1, 0.15) is 23.4 Å². The molecule has 0 unspecified atom stereocenters. The molecule has 1 aromatic heterocycles. The third-order valence-electron chi connectivity index (χ3n) is 2.82. The van der Waals surface area contributed by atoms with Crippen LogP contribution in [0.25, 0.3) is 10.6 Å². The minimum Gasteiger partial charge on any atom is -0.308 e. The second-order valence-electron chi connectivity index (χ2n) is 4.35. The standard InChI is InChI=1S/C13H12N4S/c14-7-9-2-1-3-10(6-9)13-17-16-12(18-13)8-15-11-4-5-11/h1-3,6,11,15H,4-5,8H2. The van der Waals surface area contributed by atoms with Crippen molar-refractivity contribution in [1.29, 1.82) is 5.26 Å². The number of hydrogen-bond donors (Lipinski definition) is 1. The largest absolute Gasteiger partial charge is 0.308 e. The fourth-order valence-corrected chi connectivity index (χ4v) is 2.47. The zero-order chi connectivity index (χ0) is 12.4.